The van der Waals surface area contributed by atoms with Crippen LogP contribution >= 0.6 is 0 Å². The van der Waals surface area contributed by atoms with Gasteiger partial charge in [-0.2, -0.15) is 0 Å². The van der Waals surface area contributed by atoms with Crippen LogP contribution < -0.4 is 0 Å². The van der Waals surface area contributed by atoms with E-state index in [4.69, 9.17) is 7.58 Å². The molecule has 0 saturated heterocycles. The minimum atomic E-state index is -0.245. The first-order chi connectivity index (χ1) is 4.13. The Kier molecular flexibility index (Phi) is 9.80. The Balaban J connectivity index is 0. The molecule has 0 aromatic carbocycles. The molecule has 0 aromatic heterocycles. The molecule has 0 aliphatic carbocycles. The molecule has 10 heavy (non-hydrogen) atoms. The number of hydrogen-bond donors (Lipinski definition) is 0. The third kappa shape index (κ3) is 11.2. The SMILES string of the molecule is CC(C)[O][Al][O]C(C)C.O. The smallest absolute Gasteiger partial charge is 0.482 e. The Morgan fingerprint density at radius 2 is 1.20 bits per heavy atom. The normalized spacial score (nSPS) is 9.80. The quantitative estimate of drug-likeness (QED) is 0.568. The minimum absolute atomic E-state index is 0. The third-order valence-electron chi connectivity index (χ3n) is 0.655. The molecule has 0 amide bonds. The standard InChI is InChI=1S/2C3H7O.Al.H2O/c2*1-3(2)4;;/h2*3H,1-2H3;;1H2/q2*-1;+2;. The summed E-state index contributed by atoms with van der Waals surface area (Å²) in [5.74, 6) is 0. The van der Waals surface area contributed by atoms with Crippen LogP contribution in [0.5, 0.6) is 0 Å². The van der Waals surface area contributed by atoms with Crippen molar-refractivity contribution in [2.75, 3.05) is 0 Å². The molecule has 2 N–H and O–H groups in total. The second-order valence-electron chi connectivity index (χ2n) is 2.47. The maximum Gasteiger partial charge on any atom is 0.668 e. The van der Waals surface area contributed by atoms with Gasteiger partial charge >= 0.3 is 15.9 Å². The second-order valence-corrected chi connectivity index (χ2v) is 3.20. The molecule has 0 heterocycles. The van der Waals surface area contributed by atoms with E-state index in [1.54, 1.807) is 0 Å². The molecule has 0 saturated carbocycles. The van der Waals surface area contributed by atoms with Gasteiger partial charge in [-0.1, -0.05) is 0 Å². The zero-order valence-electron chi connectivity index (χ0n) is 7.05. The highest BCUT2D eigenvalue weighted by atomic mass is 27.2. The van der Waals surface area contributed by atoms with Gasteiger partial charge in [0.05, 0.1) is 0 Å². The number of hydrogen-bond acceptors (Lipinski definition) is 2. The molecule has 0 bridgehead atoms. The lowest BCUT2D eigenvalue weighted by atomic mass is 10.5. The maximum absolute atomic E-state index is 5.21. The molecule has 0 spiro atoms. The molecule has 0 atom stereocenters. The summed E-state index contributed by atoms with van der Waals surface area (Å²) in [6.07, 6.45) is 0.609. The summed E-state index contributed by atoms with van der Waals surface area (Å²) in [6, 6.07) is 0. The predicted octanol–water partition coefficient (Wildman–Crippen LogP) is 0.546. The number of rotatable bonds is 4. The molecule has 0 aliphatic heterocycles. The Bertz CT molecular complexity index is 58.0. The van der Waals surface area contributed by atoms with Crippen molar-refractivity contribution in [3.63, 3.8) is 0 Å². The van der Waals surface area contributed by atoms with E-state index in [0.29, 0.717) is 12.2 Å². The van der Waals surface area contributed by atoms with Crippen molar-refractivity contribution >= 4 is 15.9 Å². The molecule has 61 valence electrons. The molecular formula is C6H16AlO3. The van der Waals surface area contributed by atoms with Gasteiger partial charge in [0, 0.05) is 12.2 Å². The van der Waals surface area contributed by atoms with Crippen molar-refractivity contribution in [2.24, 2.45) is 0 Å². The average Bonchev–Trinajstić information content (AvgIpc) is 1.63. The first kappa shape index (κ1) is 13.0. The van der Waals surface area contributed by atoms with Crippen molar-refractivity contribution < 1.29 is 13.1 Å². The zero-order valence-corrected chi connectivity index (χ0v) is 8.20. The van der Waals surface area contributed by atoms with E-state index in [-0.39, 0.29) is 21.4 Å². The highest BCUT2D eigenvalue weighted by molar-refractivity contribution is 6.18. The fourth-order valence-corrected chi connectivity index (χ4v) is 0.763. The second kappa shape index (κ2) is 7.52. The summed E-state index contributed by atoms with van der Waals surface area (Å²) in [4.78, 5) is 0. The van der Waals surface area contributed by atoms with Crippen LogP contribution in [0.25, 0.3) is 0 Å². The monoisotopic (exact) mass is 163 g/mol. The topological polar surface area (TPSA) is 50.0 Å². The van der Waals surface area contributed by atoms with Gasteiger partial charge in [-0.25, -0.2) is 0 Å². The van der Waals surface area contributed by atoms with Crippen LogP contribution in [0, 0.1) is 0 Å². The van der Waals surface area contributed by atoms with Crippen molar-refractivity contribution in [3.8, 4) is 0 Å². The van der Waals surface area contributed by atoms with Gasteiger partial charge in [-0.3, -0.25) is 0 Å². The first-order valence-corrected chi connectivity index (χ1v) is 4.20. The Labute approximate surface area is 69.4 Å². The largest absolute Gasteiger partial charge is 0.668 e. The lowest BCUT2D eigenvalue weighted by Gasteiger charge is -2.09. The van der Waals surface area contributed by atoms with Crippen molar-refractivity contribution in [2.45, 2.75) is 39.9 Å². The minimum Gasteiger partial charge on any atom is -0.482 e. The molecule has 0 rings (SSSR count). The molecule has 4 heteroatoms. The predicted molar refractivity (Wildman–Crippen MR) is 41.8 cm³/mol. The van der Waals surface area contributed by atoms with Gasteiger partial charge in [0.25, 0.3) is 0 Å². The molecule has 0 aliphatic rings. The van der Waals surface area contributed by atoms with Crippen molar-refractivity contribution in [1.82, 2.24) is 0 Å². The van der Waals surface area contributed by atoms with Gasteiger partial charge in [-0.15, -0.1) is 0 Å². The van der Waals surface area contributed by atoms with Gasteiger partial charge in [0.2, 0.25) is 0 Å². The van der Waals surface area contributed by atoms with E-state index in [1.165, 1.54) is 0 Å². The third-order valence-corrected chi connectivity index (χ3v) is 1.97. The zero-order chi connectivity index (χ0) is 7.28. The first-order valence-electron chi connectivity index (χ1n) is 3.25. The van der Waals surface area contributed by atoms with Crippen molar-refractivity contribution in [1.29, 1.82) is 0 Å². The van der Waals surface area contributed by atoms with Crippen LogP contribution in [0.15, 0.2) is 0 Å². The lowest BCUT2D eigenvalue weighted by Crippen LogP contribution is -2.14. The summed E-state index contributed by atoms with van der Waals surface area (Å²) in [5, 5.41) is 0. The van der Waals surface area contributed by atoms with Gasteiger partial charge in [-0.05, 0) is 27.7 Å². The fraction of sp³-hybridized carbons (Fsp3) is 1.00. The van der Waals surface area contributed by atoms with E-state index in [9.17, 15) is 0 Å². The van der Waals surface area contributed by atoms with Crippen LogP contribution in [0.4, 0.5) is 0 Å². The van der Waals surface area contributed by atoms with E-state index >= 15 is 0 Å². The van der Waals surface area contributed by atoms with E-state index in [0.717, 1.165) is 0 Å². The summed E-state index contributed by atoms with van der Waals surface area (Å²) in [6.45, 7) is 8.04. The van der Waals surface area contributed by atoms with Crippen LogP contribution in [-0.4, -0.2) is 33.6 Å². The van der Waals surface area contributed by atoms with Crippen LogP contribution in [0.1, 0.15) is 27.7 Å². The molecule has 0 fully saturated rings. The Hall–Kier alpha value is 0.412. The van der Waals surface area contributed by atoms with Crippen LogP contribution in [-0.2, 0) is 7.58 Å². The van der Waals surface area contributed by atoms with E-state index in [2.05, 4.69) is 0 Å². The van der Waals surface area contributed by atoms with Gasteiger partial charge in [0.1, 0.15) is 0 Å². The average molecular weight is 163 g/mol. The Morgan fingerprint density at radius 3 is 1.40 bits per heavy atom. The summed E-state index contributed by atoms with van der Waals surface area (Å²) < 4.78 is 10.4. The molecular weight excluding hydrogens is 147 g/mol. The van der Waals surface area contributed by atoms with E-state index in [1.807, 2.05) is 27.7 Å². The van der Waals surface area contributed by atoms with Crippen molar-refractivity contribution in [3.05, 3.63) is 0 Å². The van der Waals surface area contributed by atoms with Crippen LogP contribution in [0.3, 0.4) is 0 Å². The molecule has 1 radical (unpaired) electrons. The molecule has 3 nitrogen and oxygen atoms in total. The summed E-state index contributed by atoms with van der Waals surface area (Å²) >= 11 is -0.245. The highest BCUT2D eigenvalue weighted by Gasteiger charge is 2.01. The fourth-order valence-electron chi connectivity index (χ4n) is 0.254. The molecule has 0 unspecified atom stereocenters. The van der Waals surface area contributed by atoms with E-state index < -0.39 is 0 Å². The Morgan fingerprint density at radius 1 is 0.900 bits per heavy atom. The summed E-state index contributed by atoms with van der Waals surface area (Å²) in [7, 11) is 0. The molecule has 0 aromatic rings. The highest BCUT2D eigenvalue weighted by Crippen LogP contribution is 1.89. The maximum atomic E-state index is 5.21. The summed E-state index contributed by atoms with van der Waals surface area (Å²) in [5.41, 5.74) is 0. The van der Waals surface area contributed by atoms with Gasteiger partial charge in [0.15, 0.2) is 0 Å². The van der Waals surface area contributed by atoms with Gasteiger partial charge < -0.3 is 13.1 Å². The van der Waals surface area contributed by atoms with Crippen LogP contribution in [0.2, 0.25) is 0 Å². The lowest BCUT2D eigenvalue weighted by molar-refractivity contribution is 0.152.